The van der Waals surface area contributed by atoms with E-state index < -0.39 is 5.97 Å². The molecule has 0 aliphatic heterocycles. The molecule has 0 spiro atoms. The van der Waals surface area contributed by atoms with E-state index in [1.165, 1.54) is 0 Å². The summed E-state index contributed by atoms with van der Waals surface area (Å²) < 4.78 is 11.0. The molecule has 164 valence electrons. The lowest BCUT2D eigenvalue weighted by Gasteiger charge is -2.21. The predicted octanol–water partition coefficient (Wildman–Crippen LogP) is 4.96. The van der Waals surface area contributed by atoms with Gasteiger partial charge in [0.15, 0.2) is 5.82 Å². The summed E-state index contributed by atoms with van der Waals surface area (Å²) in [4.78, 5) is 22.0. The van der Waals surface area contributed by atoms with Crippen LogP contribution >= 0.6 is 0 Å². The highest BCUT2D eigenvalue weighted by Crippen LogP contribution is 2.29. The highest BCUT2D eigenvalue weighted by atomic mass is 16.5. The second-order valence-electron chi connectivity index (χ2n) is 7.35. The van der Waals surface area contributed by atoms with Gasteiger partial charge in [-0.25, -0.2) is 9.97 Å². The first-order chi connectivity index (χ1) is 15.1. The second-order valence-corrected chi connectivity index (χ2v) is 7.35. The van der Waals surface area contributed by atoms with E-state index in [0.717, 1.165) is 47.4 Å². The number of carbonyl (C=O) groups is 1. The number of aromatic nitrogens is 2. The highest BCUT2D eigenvalue weighted by Gasteiger charge is 2.13. The number of anilines is 2. The lowest BCUT2D eigenvalue weighted by molar-refractivity contribution is -0.137. The van der Waals surface area contributed by atoms with Crippen molar-refractivity contribution in [2.24, 2.45) is 0 Å². The Morgan fingerprint density at radius 1 is 1.00 bits per heavy atom. The molecule has 0 unspecified atom stereocenters. The van der Waals surface area contributed by atoms with Crippen molar-refractivity contribution in [3.05, 3.63) is 54.4 Å². The molecule has 0 saturated heterocycles. The maximum atomic E-state index is 10.5. The summed E-state index contributed by atoms with van der Waals surface area (Å²) in [5, 5.41) is 9.64. The molecule has 1 heterocycles. The fourth-order valence-corrected chi connectivity index (χ4v) is 3.35. The number of unbranched alkanes of at least 4 members (excludes halogenated alkanes) is 3. The predicted molar refractivity (Wildman–Crippen MR) is 121 cm³/mol. The zero-order valence-electron chi connectivity index (χ0n) is 18.1. The van der Waals surface area contributed by atoms with Crippen LogP contribution in [0.5, 0.6) is 5.75 Å². The number of aliphatic carboxylic acids is 1. The van der Waals surface area contributed by atoms with Crippen molar-refractivity contribution in [2.75, 3.05) is 25.7 Å². The molecule has 0 radical (unpaired) electrons. The Bertz CT molecular complexity index is 992. The Hall–Kier alpha value is -3.19. The van der Waals surface area contributed by atoms with Gasteiger partial charge in [-0.05, 0) is 49.2 Å². The van der Waals surface area contributed by atoms with Gasteiger partial charge in [0.2, 0.25) is 0 Å². The minimum Gasteiger partial charge on any atom is -0.497 e. The van der Waals surface area contributed by atoms with Gasteiger partial charge in [0, 0.05) is 31.1 Å². The van der Waals surface area contributed by atoms with Gasteiger partial charge >= 0.3 is 5.97 Å². The summed E-state index contributed by atoms with van der Waals surface area (Å²) in [6, 6.07) is 15.8. The number of benzene rings is 2. The summed E-state index contributed by atoms with van der Waals surface area (Å²) in [6.45, 7) is 0.941. The molecular formula is C24H29N3O4. The topological polar surface area (TPSA) is 84.8 Å². The highest BCUT2D eigenvalue weighted by molar-refractivity contribution is 5.91. The molecule has 7 nitrogen and oxygen atoms in total. The number of para-hydroxylation sites is 1. The fourth-order valence-electron chi connectivity index (χ4n) is 3.35. The molecule has 0 bridgehead atoms. The minimum absolute atomic E-state index is 0.232. The Labute approximate surface area is 182 Å². The molecule has 0 amide bonds. The van der Waals surface area contributed by atoms with Crippen molar-refractivity contribution in [1.82, 2.24) is 9.97 Å². The van der Waals surface area contributed by atoms with E-state index in [1.807, 2.05) is 60.5 Å². The molecule has 7 heteroatoms. The molecule has 3 rings (SSSR count). The first-order valence-corrected chi connectivity index (χ1v) is 10.5. The number of ether oxygens (including phenoxy) is 2. The van der Waals surface area contributed by atoms with E-state index in [2.05, 4.69) is 4.98 Å². The third-order valence-electron chi connectivity index (χ3n) is 5.07. The van der Waals surface area contributed by atoms with Gasteiger partial charge < -0.3 is 19.5 Å². The van der Waals surface area contributed by atoms with Gasteiger partial charge in [-0.15, -0.1) is 0 Å². The summed E-state index contributed by atoms with van der Waals surface area (Å²) in [7, 11) is 3.64. The van der Waals surface area contributed by atoms with Crippen LogP contribution in [0.1, 0.15) is 37.9 Å². The van der Waals surface area contributed by atoms with Crippen molar-refractivity contribution in [3.63, 3.8) is 0 Å². The molecule has 1 aromatic heterocycles. The lowest BCUT2D eigenvalue weighted by Crippen LogP contribution is -2.14. The van der Waals surface area contributed by atoms with Crippen LogP contribution in [0.2, 0.25) is 0 Å². The monoisotopic (exact) mass is 423 g/mol. The van der Waals surface area contributed by atoms with E-state index in [1.54, 1.807) is 7.11 Å². The zero-order valence-corrected chi connectivity index (χ0v) is 18.1. The van der Waals surface area contributed by atoms with Gasteiger partial charge in [-0.3, -0.25) is 4.79 Å². The number of nitrogens with zero attached hydrogens (tertiary/aromatic N) is 3. The third kappa shape index (κ3) is 6.39. The lowest BCUT2D eigenvalue weighted by atomic mass is 10.1. The smallest absolute Gasteiger partial charge is 0.303 e. The summed E-state index contributed by atoms with van der Waals surface area (Å²) in [5.74, 6) is 1.53. The van der Waals surface area contributed by atoms with E-state index in [-0.39, 0.29) is 6.42 Å². The average molecular weight is 424 g/mol. The quantitative estimate of drug-likeness (QED) is 0.412. The van der Waals surface area contributed by atoms with Crippen LogP contribution < -0.4 is 9.64 Å². The zero-order chi connectivity index (χ0) is 22.1. The van der Waals surface area contributed by atoms with Crippen LogP contribution in [0, 0.1) is 0 Å². The van der Waals surface area contributed by atoms with Crippen LogP contribution in [0.4, 0.5) is 11.5 Å². The second kappa shape index (κ2) is 11.3. The van der Waals surface area contributed by atoms with E-state index in [0.29, 0.717) is 25.5 Å². The Morgan fingerprint density at radius 3 is 2.48 bits per heavy atom. The van der Waals surface area contributed by atoms with Gasteiger partial charge in [-0.1, -0.05) is 25.0 Å². The SMILES string of the molecule is COc1ccc(N(C)c2nc(COCCCCCCC(=O)O)nc3ccccc23)cc1. The van der Waals surface area contributed by atoms with Crippen LogP contribution in [0.25, 0.3) is 10.9 Å². The number of carboxylic acid groups (broad SMARTS) is 1. The van der Waals surface area contributed by atoms with Crippen LogP contribution in [-0.4, -0.2) is 41.8 Å². The fraction of sp³-hybridized carbons (Fsp3) is 0.375. The molecule has 0 atom stereocenters. The van der Waals surface area contributed by atoms with E-state index >= 15 is 0 Å². The molecule has 0 fully saturated rings. The first-order valence-electron chi connectivity index (χ1n) is 10.5. The number of fused-ring (bicyclic) bond motifs is 1. The molecule has 3 aromatic rings. The van der Waals surface area contributed by atoms with Crippen LogP contribution in [0.3, 0.4) is 0 Å². The minimum atomic E-state index is -0.736. The van der Waals surface area contributed by atoms with Crippen LogP contribution in [-0.2, 0) is 16.1 Å². The third-order valence-corrected chi connectivity index (χ3v) is 5.07. The Kier molecular flexibility index (Phi) is 8.18. The van der Waals surface area contributed by atoms with Crippen molar-refractivity contribution in [3.8, 4) is 5.75 Å². The van der Waals surface area contributed by atoms with Crippen molar-refractivity contribution in [2.45, 2.75) is 38.7 Å². The maximum Gasteiger partial charge on any atom is 0.303 e. The van der Waals surface area contributed by atoms with E-state index in [4.69, 9.17) is 19.6 Å². The van der Waals surface area contributed by atoms with Gasteiger partial charge in [0.05, 0.1) is 12.6 Å². The standard InChI is InChI=1S/C24H29N3O4/c1-27(18-12-14-19(30-2)15-13-18)24-20-9-6-7-10-21(20)25-22(26-24)17-31-16-8-4-3-5-11-23(28)29/h6-7,9-10,12-15H,3-5,8,11,16-17H2,1-2H3,(H,28,29). The summed E-state index contributed by atoms with van der Waals surface area (Å²) >= 11 is 0. The molecule has 2 aromatic carbocycles. The van der Waals surface area contributed by atoms with Gasteiger partial charge in [-0.2, -0.15) is 0 Å². The van der Waals surface area contributed by atoms with E-state index in [9.17, 15) is 4.79 Å². The van der Waals surface area contributed by atoms with Crippen molar-refractivity contribution >= 4 is 28.4 Å². The maximum absolute atomic E-state index is 10.5. The van der Waals surface area contributed by atoms with Gasteiger partial charge in [0.25, 0.3) is 0 Å². The molecule has 31 heavy (non-hydrogen) atoms. The Balaban J connectivity index is 1.65. The summed E-state index contributed by atoms with van der Waals surface area (Å²) in [6.07, 6.45) is 3.70. The first kappa shape index (κ1) is 22.5. The molecule has 1 N–H and O–H groups in total. The number of carboxylic acids is 1. The normalized spacial score (nSPS) is 10.9. The molecule has 0 aliphatic rings. The summed E-state index contributed by atoms with van der Waals surface area (Å²) in [5.41, 5.74) is 1.87. The number of rotatable bonds is 12. The average Bonchev–Trinajstić information content (AvgIpc) is 2.79. The van der Waals surface area contributed by atoms with Crippen LogP contribution in [0.15, 0.2) is 48.5 Å². The number of hydrogen-bond acceptors (Lipinski definition) is 6. The molecule has 0 saturated carbocycles. The van der Waals surface area contributed by atoms with Gasteiger partial charge in [0.1, 0.15) is 18.2 Å². The van der Waals surface area contributed by atoms with Crippen molar-refractivity contribution in [1.29, 1.82) is 0 Å². The molecular weight excluding hydrogens is 394 g/mol. The largest absolute Gasteiger partial charge is 0.497 e. The number of methoxy groups -OCH3 is 1. The Morgan fingerprint density at radius 2 is 1.74 bits per heavy atom. The van der Waals surface area contributed by atoms with Crippen molar-refractivity contribution < 1.29 is 19.4 Å². The number of hydrogen-bond donors (Lipinski definition) is 1. The molecule has 0 aliphatic carbocycles.